The van der Waals surface area contributed by atoms with Gasteiger partial charge in [0.15, 0.2) is 0 Å². The maximum absolute atomic E-state index is 6.17. The molecule has 1 aliphatic rings. The van der Waals surface area contributed by atoms with Crippen molar-refractivity contribution in [2.45, 2.75) is 13.0 Å². The molecule has 1 aromatic carbocycles. The van der Waals surface area contributed by atoms with Gasteiger partial charge in [-0.15, -0.1) is 0 Å². The normalized spacial score (nSPS) is 15.1. The number of ether oxygens (including phenoxy) is 1. The largest absolute Gasteiger partial charge is 0.398 e. The second-order valence-corrected chi connectivity index (χ2v) is 4.74. The molecule has 16 heavy (non-hydrogen) atoms. The van der Waals surface area contributed by atoms with E-state index in [9.17, 15) is 0 Å². The number of aromatic nitrogens is 1. The zero-order valence-electron chi connectivity index (χ0n) is 8.66. The van der Waals surface area contributed by atoms with Gasteiger partial charge in [0.1, 0.15) is 0 Å². The second-order valence-electron chi connectivity index (χ2n) is 3.89. The molecule has 0 spiro atoms. The molecule has 3 rings (SSSR count). The predicted molar refractivity (Wildman–Crippen MR) is 67.2 cm³/mol. The van der Waals surface area contributed by atoms with Crippen LogP contribution < -0.4 is 5.73 Å². The van der Waals surface area contributed by atoms with Gasteiger partial charge in [-0.3, -0.25) is 4.98 Å². The van der Waals surface area contributed by atoms with Gasteiger partial charge in [-0.2, -0.15) is 0 Å². The van der Waals surface area contributed by atoms with E-state index >= 15 is 0 Å². The van der Waals surface area contributed by atoms with E-state index in [4.69, 9.17) is 10.5 Å². The van der Waals surface area contributed by atoms with Crippen molar-refractivity contribution >= 4 is 32.5 Å². The number of hydrogen-bond acceptors (Lipinski definition) is 3. The van der Waals surface area contributed by atoms with Gasteiger partial charge < -0.3 is 10.5 Å². The van der Waals surface area contributed by atoms with Crippen molar-refractivity contribution in [3.8, 4) is 0 Å². The van der Waals surface area contributed by atoms with Crippen LogP contribution in [0.4, 0.5) is 5.69 Å². The van der Waals surface area contributed by atoms with Crippen molar-refractivity contribution in [1.82, 2.24) is 4.98 Å². The highest BCUT2D eigenvalue weighted by atomic mass is 79.9. The number of fused-ring (bicyclic) bond motifs is 2. The third-order valence-corrected chi connectivity index (χ3v) is 3.57. The molecule has 0 amide bonds. The lowest BCUT2D eigenvalue weighted by Crippen LogP contribution is -2.14. The highest BCUT2D eigenvalue weighted by Gasteiger charge is 2.17. The molecule has 0 fully saturated rings. The Morgan fingerprint density at radius 1 is 1.38 bits per heavy atom. The third kappa shape index (κ3) is 1.41. The summed E-state index contributed by atoms with van der Waals surface area (Å²) in [6, 6.07) is 5.96. The summed E-state index contributed by atoms with van der Waals surface area (Å²) in [5.74, 6) is 0. The molecular weight excluding hydrogens is 268 g/mol. The first-order valence-corrected chi connectivity index (χ1v) is 6.00. The molecule has 3 nitrogen and oxygen atoms in total. The molecular formula is C12H11BrN2O. The maximum atomic E-state index is 6.17. The fourth-order valence-corrected chi connectivity index (χ4v) is 2.53. The molecule has 4 heteroatoms. The molecule has 0 bridgehead atoms. The summed E-state index contributed by atoms with van der Waals surface area (Å²) in [6.07, 6.45) is 0.844. The number of benzene rings is 1. The number of para-hydroxylation sites is 1. The first-order chi connectivity index (χ1) is 7.77. The van der Waals surface area contributed by atoms with Crippen LogP contribution in [-0.2, 0) is 17.8 Å². The van der Waals surface area contributed by atoms with E-state index < -0.39 is 0 Å². The summed E-state index contributed by atoms with van der Waals surface area (Å²) in [5.41, 5.74) is 10.0. The van der Waals surface area contributed by atoms with Crippen LogP contribution >= 0.6 is 15.9 Å². The van der Waals surface area contributed by atoms with Gasteiger partial charge in [0.2, 0.25) is 0 Å². The molecule has 2 aromatic rings. The zero-order chi connectivity index (χ0) is 11.1. The van der Waals surface area contributed by atoms with Crippen molar-refractivity contribution in [3.05, 3.63) is 33.9 Å². The van der Waals surface area contributed by atoms with Crippen LogP contribution in [0.3, 0.4) is 0 Å². The molecule has 0 atom stereocenters. The van der Waals surface area contributed by atoms with E-state index in [1.165, 1.54) is 0 Å². The van der Waals surface area contributed by atoms with E-state index in [1.54, 1.807) is 0 Å². The summed E-state index contributed by atoms with van der Waals surface area (Å²) in [4.78, 5) is 4.67. The van der Waals surface area contributed by atoms with E-state index in [1.807, 2.05) is 18.2 Å². The average Bonchev–Trinajstić information content (AvgIpc) is 2.31. The van der Waals surface area contributed by atoms with Crippen LogP contribution in [0.1, 0.15) is 11.3 Å². The highest BCUT2D eigenvalue weighted by Crippen LogP contribution is 2.32. The second kappa shape index (κ2) is 3.71. The van der Waals surface area contributed by atoms with Gasteiger partial charge >= 0.3 is 0 Å². The Morgan fingerprint density at radius 2 is 2.25 bits per heavy atom. The molecule has 0 saturated carbocycles. The Balaban J connectivity index is 2.39. The molecule has 82 valence electrons. The van der Waals surface area contributed by atoms with Gasteiger partial charge in [-0.05, 0) is 22.0 Å². The Hall–Kier alpha value is -1.13. The monoisotopic (exact) mass is 278 g/mol. The van der Waals surface area contributed by atoms with Crippen molar-refractivity contribution in [2.75, 3.05) is 12.3 Å². The zero-order valence-corrected chi connectivity index (χ0v) is 10.3. The van der Waals surface area contributed by atoms with Crippen molar-refractivity contribution in [1.29, 1.82) is 0 Å². The Labute approximate surface area is 102 Å². The number of halogens is 1. The van der Waals surface area contributed by atoms with Crippen LogP contribution in [0.2, 0.25) is 0 Å². The fourth-order valence-electron chi connectivity index (χ4n) is 2.08. The standard InChI is InChI=1S/C12H11BrN2O/c13-9-3-1-2-7-11(14)8-6-16-5-4-10(8)15-12(7)9/h1-3H,4-6H2,(H2,14,15). The molecule has 0 saturated heterocycles. The number of nitrogen functional groups attached to an aromatic ring is 1. The predicted octanol–water partition coefficient (Wildman–Crippen LogP) is 2.65. The van der Waals surface area contributed by atoms with Crippen molar-refractivity contribution < 1.29 is 4.74 Å². The van der Waals surface area contributed by atoms with Gasteiger partial charge in [0.25, 0.3) is 0 Å². The van der Waals surface area contributed by atoms with Gasteiger partial charge in [0.05, 0.1) is 24.4 Å². The Bertz CT molecular complexity index is 568. The summed E-state index contributed by atoms with van der Waals surface area (Å²) in [7, 11) is 0. The molecule has 0 unspecified atom stereocenters. The van der Waals surface area contributed by atoms with Crippen molar-refractivity contribution in [3.63, 3.8) is 0 Å². The summed E-state index contributed by atoms with van der Waals surface area (Å²) < 4.78 is 6.42. The molecule has 0 aliphatic carbocycles. The van der Waals surface area contributed by atoms with Crippen LogP contribution in [0.5, 0.6) is 0 Å². The molecule has 1 aliphatic heterocycles. The Morgan fingerprint density at radius 3 is 3.12 bits per heavy atom. The summed E-state index contributed by atoms with van der Waals surface area (Å²) in [6.45, 7) is 1.31. The number of hydrogen-bond donors (Lipinski definition) is 1. The van der Waals surface area contributed by atoms with E-state index in [0.29, 0.717) is 6.61 Å². The van der Waals surface area contributed by atoms with Crippen molar-refractivity contribution in [2.24, 2.45) is 0 Å². The molecule has 0 radical (unpaired) electrons. The number of nitrogens with zero attached hydrogens (tertiary/aromatic N) is 1. The number of pyridine rings is 1. The first-order valence-electron chi connectivity index (χ1n) is 5.20. The van der Waals surface area contributed by atoms with Gasteiger partial charge in [-0.1, -0.05) is 12.1 Å². The van der Waals surface area contributed by atoms with Crippen LogP contribution in [0, 0.1) is 0 Å². The van der Waals surface area contributed by atoms with Crippen LogP contribution in [-0.4, -0.2) is 11.6 Å². The highest BCUT2D eigenvalue weighted by molar-refractivity contribution is 9.10. The number of nitrogens with two attached hydrogens (primary N) is 1. The topological polar surface area (TPSA) is 48.1 Å². The van der Waals surface area contributed by atoms with Crippen LogP contribution in [0.25, 0.3) is 10.9 Å². The smallest absolute Gasteiger partial charge is 0.0868 e. The number of rotatable bonds is 0. The minimum atomic E-state index is 0.580. The molecule has 1 aromatic heterocycles. The van der Waals surface area contributed by atoms with Gasteiger partial charge in [-0.25, -0.2) is 0 Å². The lowest BCUT2D eigenvalue weighted by Gasteiger charge is -2.19. The van der Waals surface area contributed by atoms with E-state index in [0.717, 1.165) is 45.3 Å². The SMILES string of the molecule is Nc1c2c(nc3c(Br)cccc13)CCOC2. The van der Waals surface area contributed by atoms with E-state index in [2.05, 4.69) is 20.9 Å². The lowest BCUT2D eigenvalue weighted by atomic mass is 10.0. The summed E-state index contributed by atoms with van der Waals surface area (Å²) in [5, 5.41) is 0.999. The quantitative estimate of drug-likeness (QED) is 0.806. The summed E-state index contributed by atoms with van der Waals surface area (Å²) >= 11 is 3.51. The number of anilines is 1. The van der Waals surface area contributed by atoms with E-state index in [-0.39, 0.29) is 0 Å². The minimum Gasteiger partial charge on any atom is -0.398 e. The maximum Gasteiger partial charge on any atom is 0.0868 e. The fraction of sp³-hybridized carbons (Fsp3) is 0.250. The molecule has 2 heterocycles. The molecule has 2 N–H and O–H groups in total. The minimum absolute atomic E-state index is 0.580. The Kier molecular flexibility index (Phi) is 2.33. The van der Waals surface area contributed by atoms with Gasteiger partial charge in [0, 0.05) is 27.5 Å². The third-order valence-electron chi connectivity index (χ3n) is 2.93. The average molecular weight is 279 g/mol. The van der Waals surface area contributed by atoms with Crippen LogP contribution in [0.15, 0.2) is 22.7 Å². The lowest BCUT2D eigenvalue weighted by molar-refractivity contribution is 0.110. The first kappa shape index (κ1) is 10.1.